The van der Waals surface area contributed by atoms with Crippen molar-refractivity contribution in [3.8, 4) is 11.1 Å². The first-order valence-corrected chi connectivity index (χ1v) is 6.63. The summed E-state index contributed by atoms with van der Waals surface area (Å²) in [5.74, 6) is 0. The van der Waals surface area contributed by atoms with Crippen LogP contribution in [0.1, 0.15) is 5.56 Å². The van der Waals surface area contributed by atoms with Crippen LogP contribution in [0.5, 0.6) is 0 Å². The van der Waals surface area contributed by atoms with E-state index in [0.717, 1.165) is 16.7 Å². The molecule has 0 atom stereocenters. The molecule has 3 aromatic rings. The quantitative estimate of drug-likeness (QED) is 0.706. The highest BCUT2D eigenvalue weighted by Gasteiger charge is 2.05. The van der Waals surface area contributed by atoms with E-state index in [-0.39, 0.29) is 5.56 Å². The molecule has 0 spiro atoms. The molecule has 0 saturated heterocycles. The second-order valence-corrected chi connectivity index (χ2v) is 4.71. The predicted octanol–water partition coefficient (Wildman–Crippen LogP) is 3.56. The lowest BCUT2D eigenvalue weighted by molar-refractivity contribution is 0.761. The Morgan fingerprint density at radius 2 is 1.40 bits per heavy atom. The molecule has 0 unspecified atom stereocenters. The second kappa shape index (κ2) is 5.57. The van der Waals surface area contributed by atoms with E-state index in [9.17, 15) is 4.79 Å². The summed E-state index contributed by atoms with van der Waals surface area (Å²) in [5.41, 5.74) is 2.87. The summed E-state index contributed by atoms with van der Waals surface area (Å²) < 4.78 is 1.75. The Balaban J connectivity index is 2.00. The Morgan fingerprint density at radius 1 is 0.750 bits per heavy atom. The van der Waals surface area contributed by atoms with E-state index in [1.54, 1.807) is 4.57 Å². The smallest absolute Gasteiger partial charge is 0.258 e. The topological polar surface area (TPSA) is 22.0 Å². The maximum absolute atomic E-state index is 12.5. The lowest BCUT2D eigenvalue weighted by Gasteiger charge is -2.08. The Labute approximate surface area is 118 Å². The summed E-state index contributed by atoms with van der Waals surface area (Å²) in [6, 6.07) is 23.6. The zero-order chi connectivity index (χ0) is 13.8. The van der Waals surface area contributed by atoms with Gasteiger partial charge in [-0.25, -0.2) is 0 Å². The highest BCUT2D eigenvalue weighted by molar-refractivity contribution is 5.61. The van der Waals surface area contributed by atoms with Gasteiger partial charge in [0.1, 0.15) is 0 Å². The van der Waals surface area contributed by atoms with Gasteiger partial charge < -0.3 is 4.57 Å². The van der Waals surface area contributed by atoms with Crippen LogP contribution in [0.25, 0.3) is 11.1 Å². The van der Waals surface area contributed by atoms with E-state index in [4.69, 9.17) is 0 Å². The number of aromatic nitrogens is 1. The molecule has 0 saturated carbocycles. The van der Waals surface area contributed by atoms with E-state index in [1.807, 2.05) is 79.0 Å². The lowest BCUT2D eigenvalue weighted by atomic mass is 10.1. The van der Waals surface area contributed by atoms with Crippen molar-refractivity contribution in [2.75, 3.05) is 0 Å². The molecule has 0 N–H and O–H groups in total. The van der Waals surface area contributed by atoms with Gasteiger partial charge >= 0.3 is 0 Å². The molecule has 0 amide bonds. The van der Waals surface area contributed by atoms with Crippen LogP contribution in [0.15, 0.2) is 83.8 Å². The van der Waals surface area contributed by atoms with Crippen molar-refractivity contribution in [2.24, 2.45) is 0 Å². The molecule has 20 heavy (non-hydrogen) atoms. The summed E-state index contributed by atoms with van der Waals surface area (Å²) in [4.78, 5) is 12.5. The maximum Gasteiger partial charge on any atom is 0.258 e. The largest absolute Gasteiger partial charge is 0.311 e. The van der Waals surface area contributed by atoms with Gasteiger partial charge in [0.05, 0.1) is 6.54 Å². The van der Waals surface area contributed by atoms with E-state index >= 15 is 0 Å². The van der Waals surface area contributed by atoms with Crippen LogP contribution in [0.3, 0.4) is 0 Å². The minimum absolute atomic E-state index is 0.0440. The molecule has 0 aliphatic carbocycles. The molecule has 1 aromatic heterocycles. The molecule has 2 aromatic carbocycles. The minimum Gasteiger partial charge on any atom is -0.311 e. The highest BCUT2D eigenvalue weighted by atomic mass is 16.1. The molecule has 3 rings (SSSR count). The number of benzene rings is 2. The summed E-state index contributed by atoms with van der Waals surface area (Å²) in [6.07, 6.45) is 1.84. The molecule has 0 fully saturated rings. The van der Waals surface area contributed by atoms with Crippen molar-refractivity contribution in [2.45, 2.75) is 6.54 Å². The summed E-state index contributed by atoms with van der Waals surface area (Å²) >= 11 is 0. The Hall–Kier alpha value is -2.61. The number of pyridine rings is 1. The standard InChI is InChI=1S/C18H15NO/c20-18-17(16-10-5-2-6-11-16)12-7-13-19(18)14-15-8-3-1-4-9-15/h1-13H,14H2. The average molecular weight is 261 g/mol. The summed E-state index contributed by atoms with van der Waals surface area (Å²) in [7, 11) is 0. The third-order valence-electron chi connectivity index (χ3n) is 3.30. The first kappa shape index (κ1) is 12.4. The molecule has 98 valence electrons. The Morgan fingerprint density at radius 3 is 2.10 bits per heavy atom. The zero-order valence-electron chi connectivity index (χ0n) is 11.1. The minimum atomic E-state index is 0.0440. The van der Waals surface area contributed by atoms with Gasteiger partial charge in [-0.2, -0.15) is 0 Å². The second-order valence-electron chi connectivity index (χ2n) is 4.71. The fourth-order valence-corrected chi connectivity index (χ4v) is 2.28. The maximum atomic E-state index is 12.5. The zero-order valence-corrected chi connectivity index (χ0v) is 11.1. The summed E-state index contributed by atoms with van der Waals surface area (Å²) in [5, 5.41) is 0. The number of hydrogen-bond donors (Lipinski definition) is 0. The molecular weight excluding hydrogens is 246 g/mol. The van der Waals surface area contributed by atoms with Crippen LogP contribution in [0, 0.1) is 0 Å². The molecule has 0 aliphatic heterocycles. The van der Waals surface area contributed by atoms with Crippen LogP contribution in [-0.4, -0.2) is 4.57 Å². The van der Waals surface area contributed by atoms with Gasteiger partial charge in [-0.1, -0.05) is 60.7 Å². The van der Waals surface area contributed by atoms with Gasteiger partial charge in [0.2, 0.25) is 0 Å². The predicted molar refractivity (Wildman–Crippen MR) is 81.7 cm³/mol. The van der Waals surface area contributed by atoms with Crippen LogP contribution < -0.4 is 5.56 Å². The third kappa shape index (κ3) is 2.54. The van der Waals surface area contributed by atoms with Crippen LogP contribution in [0.2, 0.25) is 0 Å². The van der Waals surface area contributed by atoms with Gasteiger partial charge in [0, 0.05) is 11.8 Å². The third-order valence-corrected chi connectivity index (χ3v) is 3.30. The first-order valence-electron chi connectivity index (χ1n) is 6.63. The van der Waals surface area contributed by atoms with Crippen molar-refractivity contribution in [3.05, 3.63) is 94.9 Å². The molecule has 1 heterocycles. The first-order chi connectivity index (χ1) is 9.84. The van der Waals surface area contributed by atoms with Gasteiger partial charge in [-0.05, 0) is 23.3 Å². The van der Waals surface area contributed by atoms with Gasteiger partial charge in [-0.3, -0.25) is 4.79 Å². The monoisotopic (exact) mass is 261 g/mol. The fourth-order valence-electron chi connectivity index (χ4n) is 2.28. The van der Waals surface area contributed by atoms with Gasteiger partial charge in [0.25, 0.3) is 5.56 Å². The van der Waals surface area contributed by atoms with Crippen molar-refractivity contribution in [3.63, 3.8) is 0 Å². The summed E-state index contributed by atoms with van der Waals surface area (Å²) in [6.45, 7) is 0.598. The Bertz CT molecular complexity index is 745. The van der Waals surface area contributed by atoms with Crippen molar-refractivity contribution >= 4 is 0 Å². The van der Waals surface area contributed by atoms with E-state index in [1.165, 1.54) is 0 Å². The molecule has 0 radical (unpaired) electrons. The fraction of sp³-hybridized carbons (Fsp3) is 0.0556. The SMILES string of the molecule is O=c1c(-c2ccccc2)cccn1Cc1ccccc1. The molecule has 0 aliphatic rings. The number of rotatable bonds is 3. The molecule has 2 nitrogen and oxygen atoms in total. The van der Waals surface area contributed by atoms with Crippen molar-refractivity contribution in [1.82, 2.24) is 4.57 Å². The highest BCUT2D eigenvalue weighted by Crippen LogP contribution is 2.14. The molecule has 0 bridgehead atoms. The number of hydrogen-bond acceptors (Lipinski definition) is 1. The van der Waals surface area contributed by atoms with Gasteiger partial charge in [0.15, 0.2) is 0 Å². The van der Waals surface area contributed by atoms with Gasteiger partial charge in [-0.15, -0.1) is 0 Å². The van der Waals surface area contributed by atoms with Crippen molar-refractivity contribution in [1.29, 1.82) is 0 Å². The van der Waals surface area contributed by atoms with Crippen molar-refractivity contribution < 1.29 is 0 Å². The number of nitrogens with zero attached hydrogens (tertiary/aromatic N) is 1. The van der Waals surface area contributed by atoms with Crippen LogP contribution >= 0.6 is 0 Å². The van der Waals surface area contributed by atoms with Crippen LogP contribution in [-0.2, 0) is 6.54 Å². The normalized spacial score (nSPS) is 10.4. The van der Waals surface area contributed by atoms with E-state index < -0.39 is 0 Å². The van der Waals surface area contributed by atoms with Crippen LogP contribution in [0.4, 0.5) is 0 Å². The van der Waals surface area contributed by atoms with E-state index in [0.29, 0.717) is 6.54 Å². The molecular formula is C18H15NO. The average Bonchev–Trinajstić information content (AvgIpc) is 2.51. The lowest BCUT2D eigenvalue weighted by Crippen LogP contribution is -2.21. The van der Waals surface area contributed by atoms with E-state index in [2.05, 4.69) is 0 Å². The Kier molecular flexibility index (Phi) is 3.46. The molecule has 2 heteroatoms.